The van der Waals surface area contributed by atoms with Gasteiger partial charge in [0.15, 0.2) is 12.1 Å². The molecule has 0 radical (unpaired) electrons. The third-order valence-electron chi connectivity index (χ3n) is 4.70. The van der Waals surface area contributed by atoms with Gasteiger partial charge in [-0.05, 0) is 18.9 Å². The van der Waals surface area contributed by atoms with E-state index in [4.69, 9.17) is 19.3 Å². The Kier molecular flexibility index (Phi) is 9.79. The van der Waals surface area contributed by atoms with E-state index in [-0.39, 0.29) is 25.6 Å². The lowest BCUT2D eigenvalue weighted by atomic mass is 9.99. The van der Waals surface area contributed by atoms with Gasteiger partial charge < -0.3 is 40.0 Å². The molecular weight excluding hydrogens is 398 g/mol. The highest BCUT2D eigenvalue weighted by molar-refractivity contribution is 5.88. The standard InChI is InChI=1S/C20H29NO9/c1-12(23)14(9-13-5-3-2-4-6-13)21-16(24)11-28-7-8-29-20-19(27)18(26)17(25)15(10-22)30-20/h2-6,14-15,17-20,22,25-27H,7-11H2,1H3,(H,21,24)/t14-,15+,17+,18-,19+,20+/m0/s1. The van der Waals surface area contributed by atoms with Gasteiger partial charge in [0.1, 0.15) is 31.0 Å². The van der Waals surface area contributed by atoms with E-state index in [9.17, 15) is 24.9 Å². The maximum atomic E-state index is 12.0. The lowest BCUT2D eigenvalue weighted by molar-refractivity contribution is -0.302. The van der Waals surface area contributed by atoms with Crippen LogP contribution in [0.5, 0.6) is 0 Å². The Hall–Kier alpha value is -1.92. The van der Waals surface area contributed by atoms with E-state index < -0.39 is 49.3 Å². The van der Waals surface area contributed by atoms with Gasteiger partial charge in [-0.3, -0.25) is 9.59 Å². The minimum absolute atomic E-state index is 0.0220. The first-order valence-corrected chi connectivity index (χ1v) is 9.67. The van der Waals surface area contributed by atoms with Crippen LogP contribution in [0.3, 0.4) is 0 Å². The van der Waals surface area contributed by atoms with Crippen molar-refractivity contribution in [1.29, 1.82) is 0 Å². The Labute approximate surface area is 174 Å². The Morgan fingerprint density at radius 3 is 2.43 bits per heavy atom. The molecule has 10 nitrogen and oxygen atoms in total. The zero-order valence-corrected chi connectivity index (χ0v) is 16.7. The zero-order valence-electron chi connectivity index (χ0n) is 16.7. The summed E-state index contributed by atoms with van der Waals surface area (Å²) in [7, 11) is 0. The maximum Gasteiger partial charge on any atom is 0.246 e. The molecule has 6 atom stereocenters. The Balaban J connectivity index is 1.69. The van der Waals surface area contributed by atoms with Crippen LogP contribution in [0.25, 0.3) is 0 Å². The van der Waals surface area contributed by atoms with Crippen LogP contribution in [0, 0.1) is 0 Å². The normalized spacial score (nSPS) is 27.4. The summed E-state index contributed by atoms with van der Waals surface area (Å²) in [6.45, 7) is 0.462. The molecule has 1 aromatic rings. The highest BCUT2D eigenvalue weighted by Gasteiger charge is 2.43. The van der Waals surface area contributed by atoms with Crippen molar-refractivity contribution >= 4 is 11.7 Å². The first-order chi connectivity index (χ1) is 14.3. The van der Waals surface area contributed by atoms with Gasteiger partial charge in [0, 0.05) is 0 Å². The molecule has 1 fully saturated rings. The molecule has 0 aliphatic carbocycles. The second kappa shape index (κ2) is 12.1. The molecular formula is C20H29NO9. The molecule has 168 valence electrons. The second-order valence-corrected chi connectivity index (χ2v) is 7.04. The van der Waals surface area contributed by atoms with Gasteiger partial charge in [-0.25, -0.2) is 0 Å². The summed E-state index contributed by atoms with van der Waals surface area (Å²) < 4.78 is 15.7. The monoisotopic (exact) mass is 427 g/mol. The number of benzene rings is 1. The summed E-state index contributed by atoms with van der Waals surface area (Å²) in [6, 6.07) is 8.66. The molecule has 1 aliphatic heterocycles. The van der Waals surface area contributed by atoms with Crippen LogP contribution in [0.4, 0.5) is 0 Å². The second-order valence-electron chi connectivity index (χ2n) is 7.04. The van der Waals surface area contributed by atoms with E-state index >= 15 is 0 Å². The molecule has 0 unspecified atom stereocenters. The minimum atomic E-state index is -1.53. The van der Waals surface area contributed by atoms with E-state index in [0.29, 0.717) is 6.42 Å². The van der Waals surface area contributed by atoms with E-state index in [0.717, 1.165) is 5.56 Å². The van der Waals surface area contributed by atoms with Crippen LogP contribution in [0.2, 0.25) is 0 Å². The molecule has 2 rings (SSSR count). The fourth-order valence-electron chi connectivity index (χ4n) is 2.98. The Morgan fingerprint density at radius 1 is 1.10 bits per heavy atom. The number of nitrogens with one attached hydrogen (secondary N) is 1. The molecule has 5 N–H and O–H groups in total. The third kappa shape index (κ3) is 7.10. The minimum Gasteiger partial charge on any atom is -0.394 e. The van der Waals surface area contributed by atoms with E-state index in [1.54, 1.807) is 0 Å². The molecule has 1 saturated heterocycles. The molecule has 1 heterocycles. The first-order valence-electron chi connectivity index (χ1n) is 9.67. The number of Topliss-reactive ketones (excluding diaryl/α,β-unsaturated/α-hetero) is 1. The molecule has 1 amide bonds. The van der Waals surface area contributed by atoms with Crippen LogP contribution in [-0.2, 0) is 30.2 Å². The van der Waals surface area contributed by atoms with Crippen molar-refractivity contribution in [2.45, 2.75) is 50.1 Å². The molecule has 0 aromatic heterocycles. The summed E-state index contributed by atoms with van der Waals surface area (Å²) in [5.41, 5.74) is 0.923. The molecule has 0 spiro atoms. The number of rotatable bonds is 11. The van der Waals surface area contributed by atoms with Crippen LogP contribution < -0.4 is 5.32 Å². The lowest BCUT2D eigenvalue weighted by Gasteiger charge is -2.39. The van der Waals surface area contributed by atoms with Crippen LogP contribution in [0.15, 0.2) is 30.3 Å². The first kappa shape index (κ1) is 24.4. The topological polar surface area (TPSA) is 155 Å². The number of ketones is 1. The van der Waals surface area contributed by atoms with E-state index in [1.807, 2.05) is 30.3 Å². The summed E-state index contributed by atoms with van der Waals surface area (Å²) in [4.78, 5) is 23.8. The quantitative estimate of drug-likeness (QED) is 0.256. The number of hydrogen-bond acceptors (Lipinski definition) is 9. The fourth-order valence-corrected chi connectivity index (χ4v) is 2.98. The predicted molar refractivity (Wildman–Crippen MR) is 103 cm³/mol. The summed E-state index contributed by atoms with van der Waals surface area (Å²) >= 11 is 0. The average Bonchev–Trinajstić information content (AvgIpc) is 2.73. The number of amides is 1. The predicted octanol–water partition coefficient (Wildman–Crippen LogP) is -1.86. The van der Waals surface area contributed by atoms with Crippen molar-refractivity contribution < 1.29 is 44.2 Å². The van der Waals surface area contributed by atoms with Crippen LogP contribution >= 0.6 is 0 Å². The Bertz CT molecular complexity index is 670. The van der Waals surface area contributed by atoms with E-state index in [1.165, 1.54) is 6.92 Å². The smallest absolute Gasteiger partial charge is 0.246 e. The summed E-state index contributed by atoms with van der Waals surface area (Å²) in [5, 5.41) is 41.0. The molecule has 1 aliphatic rings. The van der Waals surface area contributed by atoms with Crippen molar-refractivity contribution in [2.24, 2.45) is 0 Å². The summed E-state index contributed by atoms with van der Waals surface area (Å²) in [5.74, 6) is -0.628. The van der Waals surface area contributed by atoms with Crippen molar-refractivity contribution in [3.63, 3.8) is 0 Å². The van der Waals surface area contributed by atoms with Crippen molar-refractivity contribution in [3.05, 3.63) is 35.9 Å². The zero-order chi connectivity index (χ0) is 22.1. The Morgan fingerprint density at radius 2 is 1.80 bits per heavy atom. The third-order valence-corrected chi connectivity index (χ3v) is 4.70. The van der Waals surface area contributed by atoms with Crippen LogP contribution in [0.1, 0.15) is 12.5 Å². The van der Waals surface area contributed by atoms with Crippen molar-refractivity contribution in [1.82, 2.24) is 5.32 Å². The van der Waals surface area contributed by atoms with Gasteiger partial charge in [0.05, 0.1) is 25.9 Å². The fraction of sp³-hybridized carbons (Fsp3) is 0.600. The van der Waals surface area contributed by atoms with Gasteiger partial charge in [0.25, 0.3) is 0 Å². The highest BCUT2D eigenvalue weighted by Crippen LogP contribution is 2.21. The number of aliphatic hydroxyl groups is 4. The lowest BCUT2D eigenvalue weighted by Crippen LogP contribution is -2.59. The number of hydrogen-bond donors (Lipinski definition) is 5. The SMILES string of the molecule is CC(=O)[C@H](Cc1ccccc1)NC(=O)COCCO[C@@H]1O[C@H](CO)[C@@H](O)[C@H](O)[C@H]1O. The molecule has 1 aromatic carbocycles. The average molecular weight is 427 g/mol. The van der Waals surface area contributed by atoms with E-state index in [2.05, 4.69) is 5.32 Å². The van der Waals surface area contributed by atoms with Crippen molar-refractivity contribution in [3.8, 4) is 0 Å². The number of carbonyl (C=O) groups excluding carboxylic acids is 2. The number of ether oxygens (including phenoxy) is 3. The number of aliphatic hydroxyl groups excluding tert-OH is 4. The molecule has 0 saturated carbocycles. The largest absolute Gasteiger partial charge is 0.394 e. The van der Waals surface area contributed by atoms with Gasteiger partial charge in [-0.1, -0.05) is 30.3 Å². The number of carbonyl (C=O) groups is 2. The highest BCUT2D eigenvalue weighted by atomic mass is 16.7. The van der Waals surface area contributed by atoms with Gasteiger partial charge in [-0.15, -0.1) is 0 Å². The molecule has 0 bridgehead atoms. The van der Waals surface area contributed by atoms with Gasteiger partial charge in [-0.2, -0.15) is 0 Å². The maximum absolute atomic E-state index is 12.0. The molecule has 10 heteroatoms. The summed E-state index contributed by atoms with van der Waals surface area (Å²) in [6.07, 6.45) is -6.43. The van der Waals surface area contributed by atoms with Crippen molar-refractivity contribution in [2.75, 3.05) is 26.4 Å². The van der Waals surface area contributed by atoms with Gasteiger partial charge in [0.2, 0.25) is 5.91 Å². The van der Waals surface area contributed by atoms with Gasteiger partial charge >= 0.3 is 0 Å². The van der Waals surface area contributed by atoms with Crippen LogP contribution in [-0.4, -0.2) is 95.3 Å². The molecule has 30 heavy (non-hydrogen) atoms.